The van der Waals surface area contributed by atoms with E-state index in [1.165, 1.54) is 0 Å². The van der Waals surface area contributed by atoms with Crippen molar-refractivity contribution in [2.75, 3.05) is 14.2 Å². The molecule has 1 heterocycles. The van der Waals surface area contributed by atoms with Crippen LogP contribution < -0.4 is 15.0 Å². The number of fused-ring (bicyclic) bond motifs is 3. The molecule has 1 aromatic heterocycles. The Kier molecular flexibility index (Phi) is 2.63. The maximum absolute atomic E-state index is 12.1. The van der Waals surface area contributed by atoms with Crippen molar-refractivity contribution in [3.05, 3.63) is 46.8 Å². The SMILES string of the molecule is COc1ccc2c(c1)[nH]c(=O)c1cc(OC)ccc12. The lowest BCUT2D eigenvalue weighted by Gasteiger charge is -2.07. The molecule has 0 aliphatic rings. The summed E-state index contributed by atoms with van der Waals surface area (Å²) in [5, 5.41) is 2.51. The minimum absolute atomic E-state index is 0.130. The molecule has 0 spiro atoms. The van der Waals surface area contributed by atoms with E-state index in [-0.39, 0.29) is 5.56 Å². The summed E-state index contributed by atoms with van der Waals surface area (Å²) < 4.78 is 10.3. The normalized spacial score (nSPS) is 10.8. The van der Waals surface area contributed by atoms with Crippen LogP contribution in [-0.4, -0.2) is 19.2 Å². The first kappa shape index (κ1) is 11.6. The fourth-order valence-electron chi connectivity index (χ4n) is 2.25. The van der Waals surface area contributed by atoms with Crippen molar-refractivity contribution in [1.29, 1.82) is 0 Å². The van der Waals surface area contributed by atoms with E-state index in [1.807, 2.05) is 30.3 Å². The van der Waals surface area contributed by atoms with Gasteiger partial charge in [0.2, 0.25) is 0 Å². The van der Waals surface area contributed by atoms with Gasteiger partial charge in [-0.25, -0.2) is 0 Å². The van der Waals surface area contributed by atoms with Gasteiger partial charge in [-0.15, -0.1) is 0 Å². The standard InChI is InChI=1S/C15H13NO3/c1-18-9-3-5-11-12-6-4-10(19-2)8-14(12)16-15(17)13(11)7-9/h3-8H,1-2H3,(H,16,17). The molecule has 0 aliphatic heterocycles. The Morgan fingerprint density at radius 3 is 2.16 bits per heavy atom. The van der Waals surface area contributed by atoms with Crippen molar-refractivity contribution in [2.24, 2.45) is 0 Å². The second kappa shape index (κ2) is 4.31. The zero-order chi connectivity index (χ0) is 13.4. The molecule has 96 valence electrons. The zero-order valence-corrected chi connectivity index (χ0v) is 10.7. The van der Waals surface area contributed by atoms with Gasteiger partial charge in [0.05, 0.1) is 25.1 Å². The maximum atomic E-state index is 12.1. The van der Waals surface area contributed by atoms with Gasteiger partial charge in [0, 0.05) is 11.5 Å². The molecule has 1 N–H and O–H groups in total. The average molecular weight is 255 g/mol. The molecule has 4 nitrogen and oxygen atoms in total. The molecule has 0 atom stereocenters. The Bertz CT molecular complexity index is 821. The Hall–Kier alpha value is -2.49. The van der Waals surface area contributed by atoms with E-state index in [4.69, 9.17) is 9.47 Å². The molecule has 0 saturated heterocycles. The van der Waals surface area contributed by atoms with Crippen LogP contribution in [0.5, 0.6) is 11.5 Å². The third-order valence-electron chi connectivity index (χ3n) is 3.24. The van der Waals surface area contributed by atoms with Crippen molar-refractivity contribution in [2.45, 2.75) is 0 Å². The molecule has 0 bridgehead atoms. The van der Waals surface area contributed by atoms with Crippen LogP contribution in [0, 0.1) is 0 Å². The molecule has 0 unspecified atom stereocenters. The monoisotopic (exact) mass is 255 g/mol. The summed E-state index contributed by atoms with van der Waals surface area (Å²) >= 11 is 0. The second-order valence-electron chi connectivity index (χ2n) is 4.28. The molecule has 0 saturated carbocycles. The van der Waals surface area contributed by atoms with E-state index in [9.17, 15) is 4.79 Å². The largest absolute Gasteiger partial charge is 0.497 e. The van der Waals surface area contributed by atoms with E-state index >= 15 is 0 Å². The highest BCUT2D eigenvalue weighted by Gasteiger charge is 2.07. The molecule has 0 fully saturated rings. The van der Waals surface area contributed by atoms with Crippen molar-refractivity contribution >= 4 is 21.7 Å². The number of aromatic amines is 1. The molecule has 3 aromatic rings. The van der Waals surface area contributed by atoms with E-state index in [0.717, 1.165) is 22.0 Å². The van der Waals surface area contributed by atoms with Crippen molar-refractivity contribution in [3.63, 3.8) is 0 Å². The number of nitrogens with one attached hydrogen (secondary N) is 1. The molecule has 2 aromatic carbocycles. The first-order chi connectivity index (χ1) is 9.22. The van der Waals surface area contributed by atoms with Gasteiger partial charge in [-0.05, 0) is 35.7 Å². The zero-order valence-electron chi connectivity index (χ0n) is 10.7. The van der Waals surface area contributed by atoms with Gasteiger partial charge >= 0.3 is 0 Å². The summed E-state index contributed by atoms with van der Waals surface area (Å²) in [6.07, 6.45) is 0. The van der Waals surface area contributed by atoms with Crippen LogP contribution in [0.1, 0.15) is 0 Å². The minimum Gasteiger partial charge on any atom is -0.497 e. The summed E-state index contributed by atoms with van der Waals surface area (Å²) in [5.74, 6) is 1.39. The fraction of sp³-hybridized carbons (Fsp3) is 0.133. The number of hydrogen-bond acceptors (Lipinski definition) is 3. The molecular formula is C15H13NO3. The number of pyridine rings is 1. The summed E-state index contributed by atoms with van der Waals surface area (Å²) in [6.45, 7) is 0. The van der Waals surface area contributed by atoms with Crippen LogP contribution in [0.3, 0.4) is 0 Å². The van der Waals surface area contributed by atoms with Crippen LogP contribution in [0.4, 0.5) is 0 Å². The van der Waals surface area contributed by atoms with Crippen molar-refractivity contribution in [3.8, 4) is 11.5 Å². The van der Waals surface area contributed by atoms with E-state index in [1.54, 1.807) is 20.3 Å². The first-order valence-electron chi connectivity index (χ1n) is 5.90. The highest BCUT2D eigenvalue weighted by molar-refractivity contribution is 6.05. The highest BCUT2D eigenvalue weighted by atomic mass is 16.5. The lowest BCUT2D eigenvalue weighted by molar-refractivity contribution is 0.415. The molecule has 3 rings (SSSR count). The lowest BCUT2D eigenvalue weighted by atomic mass is 10.1. The van der Waals surface area contributed by atoms with Gasteiger partial charge in [0.25, 0.3) is 5.56 Å². The maximum Gasteiger partial charge on any atom is 0.256 e. The fourth-order valence-corrected chi connectivity index (χ4v) is 2.25. The molecule has 0 amide bonds. The predicted octanol–water partition coefficient (Wildman–Crippen LogP) is 2.70. The average Bonchev–Trinajstić information content (AvgIpc) is 2.46. The predicted molar refractivity (Wildman–Crippen MR) is 75.2 cm³/mol. The summed E-state index contributed by atoms with van der Waals surface area (Å²) in [4.78, 5) is 15.0. The number of ether oxygens (including phenoxy) is 2. The number of H-pyrrole nitrogens is 1. The number of benzene rings is 2. The third kappa shape index (κ3) is 1.81. The van der Waals surface area contributed by atoms with Crippen LogP contribution in [0.2, 0.25) is 0 Å². The smallest absolute Gasteiger partial charge is 0.256 e. The van der Waals surface area contributed by atoms with Crippen molar-refractivity contribution in [1.82, 2.24) is 4.98 Å². The quantitative estimate of drug-likeness (QED) is 0.716. The Labute approximate surface area is 109 Å². The van der Waals surface area contributed by atoms with Gasteiger partial charge in [-0.1, -0.05) is 0 Å². The molecule has 19 heavy (non-hydrogen) atoms. The number of rotatable bonds is 2. The number of hydrogen-bond donors (Lipinski definition) is 1. The first-order valence-corrected chi connectivity index (χ1v) is 5.90. The summed E-state index contributed by atoms with van der Waals surface area (Å²) in [7, 11) is 3.19. The Morgan fingerprint density at radius 2 is 1.47 bits per heavy atom. The van der Waals surface area contributed by atoms with Crippen LogP contribution in [0.25, 0.3) is 21.7 Å². The molecule has 0 aliphatic carbocycles. The second-order valence-corrected chi connectivity index (χ2v) is 4.28. The van der Waals surface area contributed by atoms with Gasteiger partial charge in [0.1, 0.15) is 11.5 Å². The Balaban J connectivity index is 2.43. The molecule has 0 radical (unpaired) electrons. The van der Waals surface area contributed by atoms with Gasteiger partial charge < -0.3 is 14.5 Å². The van der Waals surface area contributed by atoms with Crippen LogP contribution in [-0.2, 0) is 0 Å². The summed E-state index contributed by atoms with van der Waals surface area (Å²) in [5.41, 5.74) is 0.636. The third-order valence-corrected chi connectivity index (χ3v) is 3.24. The van der Waals surface area contributed by atoms with Crippen molar-refractivity contribution < 1.29 is 9.47 Å². The van der Waals surface area contributed by atoms with E-state index in [2.05, 4.69) is 4.98 Å². The minimum atomic E-state index is -0.130. The molecular weight excluding hydrogens is 242 g/mol. The van der Waals surface area contributed by atoms with Gasteiger partial charge in [-0.3, -0.25) is 4.79 Å². The summed E-state index contributed by atoms with van der Waals surface area (Å²) in [6, 6.07) is 11.1. The molecule has 4 heteroatoms. The van der Waals surface area contributed by atoms with Crippen LogP contribution in [0.15, 0.2) is 41.2 Å². The number of methoxy groups -OCH3 is 2. The van der Waals surface area contributed by atoms with Gasteiger partial charge in [-0.2, -0.15) is 0 Å². The highest BCUT2D eigenvalue weighted by Crippen LogP contribution is 2.26. The van der Waals surface area contributed by atoms with E-state index < -0.39 is 0 Å². The van der Waals surface area contributed by atoms with Gasteiger partial charge in [0.15, 0.2) is 0 Å². The number of aromatic nitrogens is 1. The Morgan fingerprint density at radius 1 is 0.842 bits per heavy atom. The topological polar surface area (TPSA) is 51.3 Å². The van der Waals surface area contributed by atoms with Crippen LogP contribution >= 0.6 is 0 Å². The van der Waals surface area contributed by atoms with E-state index in [0.29, 0.717) is 11.1 Å². The lowest BCUT2D eigenvalue weighted by Crippen LogP contribution is -2.06.